The molecular formula is C16H18N6OS. The van der Waals surface area contributed by atoms with E-state index in [0.717, 1.165) is 17.8 Å². The van der Waals surface area contributed by atoms with Crippen molar-refractivity contribution < 1.29 is 4.79 Å². The molecule has 2 atom stereocenters. The average molecular weight is 342 g/mol. The van der Waals surface area contributed by atoms with E-state index >= 15 is 0 Å². The molecule has 3 N–H and O–H groups in total. The first-order valence-corrected chi connectivity index (χ1v) is 8.59. The summed E-state index contributed by atoms with van der Waals surface area (Å²) in [5.41, 5.74) is 6.30. The highest BCUT2D eigenvalue weighted by Crippen LogP contribution is 2.20. The molecule has 2 aromatic heterocycles. The second kappa shape index (κ2) is 7.38. The van der Waals surface area contributed by atoms with Crippen LogP contribution in [0.2, 0.25) is 0 Å². The minimum absolute atomic E-state index is 0.000402. The van der Waals surface area contributed by atoms with Crippen LogP contribution in [0.4, 0.5) is 5.82 Å². The van der Waals surface area contributed by atoms with Crippen molar-refractivity contribution in [2.75, 3.05) is 18.0 Å². The second-order valence-corrected chi connectivity index (χ2v) is 6.70. The topological polar surface area (TPSA) is 108 Å². The molecule has 0 aromatic carbocycles. The van der Waals surface area contributed by atoms with Gasteiger partial charge in [-0.1, -0.05) is 6.07 Å². The molecule has 24 heavy (non-hydrogen) atoms. The van der Waals surface area contributed by atoms with Crippen LogP contribution in [-0.4, -0.2) is 41.0 Å². The highest BCUT2D eigenvalue weighted by atomic mass is 32.1. The lowest BCUT2D eigenvalue weighted by atomic mass is 10.1. The van der Waals surface area contributed by atoms with Crippen LogP contribution in [-0.2, 0) is 11.2 Å². The third-order valence-corrected chi connectivity index (χ3v) is 4.86. The van der Waals surface area contributed by atoms with Gasteiger partial charge in [0.05, 0.1) is 6.04 Å². The zero-order valence-corrected chi connectivity index (χ0v) is 13.9. The van der Waals surface area contributed by atoms with Crippen molar-refractivity contribution in [3.05, 3.63) is 40.5 Å². The Kier molecular flexibility index (Phi) is 5.03. The molecule has 8 heteroatoms. The van der Waals surface area contributed by atoms with E-state index < -0.39 is 6.04 Å². The van der Waals surface area contributed by atoms with Crippen LogP contribution >= 0.6 is 11.3 Å². The van der Waals surface area contributed by atoms with Gasteiger partial charge in [-0.2, -0.15) is 5.26 Å². The van der Waals surface area contributed by atoms with Crippen molar-refractivity contribution in [1.82, 2.24) is 15.3 Å². The van der Waals surface area contributed by atoms with Gasteiger partial charge in [0.15, 0.2) is 11.5 Å². The van der Waals surface area contributed by atoms with Crippen LogP contribution in [0.25, 0.3) is 0 Å². The number of carbonyl (C=O) groups is 1. The molecule has 1 aliphatic heterocycles. The number of nitrogens with one attached hydrogen (secondary N) is 1. The Labute approximate surface area is 144 Å². The zero-order chi connectivity index (χ0) is 16.9. The number of nitriles is 1. The smallest absolute Gasteiger partial charge is 0.237 e. The van der Waals surface area contributed by atoms with E-state index in [9.17, 15) is 4.79 Å². The number of aromatic nitrogens is 2. The number of hydrogen-bond acceptors (Lipinski definition) is 7. The largest absolute Gasteiger partial charge is 0.352 e. The molecule has 3 rings (SSSR count). The highest BCUT2D eigenvalue weighted by Gasteiger charge is 2.28. The quantitative estimate of drug-likeness (QED) is 0.827. The highest BCUT2D eigenvalue weighted by molar-refractivity contribution is 7.09. The summed E-state index contributed by atoms with van der Waals surface area (Å²) >= 11 is 1.60. The van der Waals surface area contributed by atoms with Gasteiger partial charge in [0.25, 0.3) is 0 Å². The van der Waals surface area contributed by atoms with E-state index in [1.807, 2.05) is 28.5 Å². The Morgan fingerprint density at radius 3 is 3.12 bits per heavy atom. The predicted molar refractivity (Wildman–Crippen MR) is 91.5 cm³/mol. The molecular weight excluding hydrogens is 324 g/mol. The maximum atomic E-state index is 12.3. The molecule has 1 fully saturated rings. The number of amides is 1. The average Bonchev–Trinajstić information content (AvgIpc) is 3.26. The molecule has 0 bridgehead atoms. The molecule has 0 spiro atoms. The standard InChI is InChI=1S/C16H18N6OS/c17-9-14-15(20-5-4-19-14)22-6-3-11(10-22)21-16(23)13(18)8-12-2-1-7-24-12/h1-2,4-5,7,11,13H,3,6,8,10,18H2,(H,21,23)/t11-,13-/m0/s1. The van der Waals surface area contributed by atoms with E-state index in [4.69, 9.17) is 11.0 Å². The summed E-state index contributed by atoms with van der Waals surface area (Å²) in [6, 6.07) is 5.43. The van der Waals surface area contributed by atoms with Gasteiger partial charge in [-0.3, -0.25) is 4.79 Å². The predicted octanol–water partition coefficient (Wildman–Crippen LogP) is 0.675. The molecule has 2 aromatic rings. The lowest BCUT2D eigenvalue weighted by Crippen LogP contribution is -2.47. The van der Waals surface area contributed by atoms with Gasteiger partial charge in [0, 0.05) is 42.8 Å². The molecule has 1 amide bonds. The Bertz CT molecular complexity index is 741. The van der Waals surface area contributed by atoms with Gasteiger partial charge in [-0.25, -0.2) is 9.97 Å². The van der Waals surface area contributed by atoms with Gasteiger partial charge in [0.2, 0.25) is 5.91 Å². The van der Waals surface area contributed by atoms with Crippen LogP contribution in [0.3, 0.4) is 0 Å². The normalized spacial score (nSPS) is 18.2. The maximum absolute atomic E-state index is 12.3. The lowest BCUT2D eigenvalue weighted by Gasteiger charge is -2.19. The van der Waals surface area contributed by atoms with Gasteiger partial charge in [0.1, 0.15) is 6.07 Å². The van der Waals surface area contributed by atoms with Gasteiger partial charge >= 0.3 is 0 Å². The molecule has 3 heterocycles. The van der Waals surface area contributed by atoms with Crippen molar-refractivity contribution >= 4 is 23.1 Å². The molecule has 0 aliphatic carbocycles. The number of thiophene rings is 1. The van der Waals surface area contributed by atoms with Gasteiger partial charge in [-0.05, 0) is 17.9 Å². The number of hydrogen-bond donors (Lipinski definition) is 2. The monoisotopic (exact) mass is 342 g/mol. The number of rotatable bonds is 5. The van der Waals surface area contributed by atoms with Crippen molar-refractivity contribution in [3.63, 3.8) is 0 Å². The molecule has 0 unspecified atom stereocenters. The zero-order valence-electron chi connectivity index (χ0n) is 13.1. The number of carbonyl (C=O) groups excluding carboxylic acids is 1. The number of nitrogens with two attached hydrogens (primary N) is 1. The Morgan fingerprint density at radius 1 is 1.54 bits per heavy atom. The minimum atomic E-state index is -0.552. The molecule has 0 radical (unpaired) electrons. The van der Waals surface area contributed by atoms with Crippen LogP contribution in [0.15, 0.2) is 29.9 Å². The van der Waals surface area contributed by atoms with Crippen LogP contribution in [0, 0.1) is 11.3 Å². The molecule has 7 nitrogen and oxygen atoms in total. The van der Waals surface area contributed by atoms with E-state index in [1.165, 1.54) is 6.20 Å². The summed E-state index contributed by atoms with van der Waals surface area (Å²) < 4.78 is 0. The summed E-state index contributed by atoms with van der Waals surface area (Å²) in [7, 11) is 0. The minimum Gasteiger partial charge on any atom is -0.352 e. The van der Waals surface area contributed by atoms with Crippen LogP contribution < -0.4 is 16.0 Å². The number of anilines is 1. The summed E-state index contributed by atoms with van der Waals surface area (Å²) in [5.74, 6) is 0.425. The van der Waals surface area contributed by atoms with Crippen LogP contribution in [0.5, 0.6) is 0 Å². The first kappa shape index (κ1) is 16.4. The lowest BCUT2D eigenvalue weighted by molar-refractivity contribution is -0.122. The van der Waals surface area contributed by atoms with E-state index in [0.29, 0.717) is 24.5 Å². The fourth-order valence-electron chi connectivity index (χ4n) is 2.76. The summed E-state index contributed by atoms with van der Waals surface area (Å²) in [5, 5.41) is 14.1. The second-order valence-electron chi connectivity index (χ2n) is 5.67. The van der Waals surface area contributed by atoms with E-state index in [2.05, 4.69) is 15.3 Å². The number of nitrogens with zero attached hydrogens (tertiary/aromatic N) is 4. The van der Waals surface area contributed by atoms with Gasteiger partial charge < -0.3 is 16.0 Å². The Hall–Kier alpha value is -2.50. The maximum Gasteiger partial charge on any atom is 0.237 e. The summed E-state index contributed by atoms with van der Waals surface area (Å²) in [4.78, 5) is 23.6. The Morgan fingerprint density at radius 2 is 2.38 bits per heavy atom. The first-order chi connectivity index (χ1) is 11.7. The molecule has 124 valence electrons. The fraction of sp³-hybridized carbons (Fsp3) is 0.375. The van der Waals surface area contributed by atoms with Crippen LogP contribution in [0.1, 0.15) is 17.0 Å². The van der Waals surface area contributed by atoms with Crippen molar-refractivity contribution in [2.45, 2.75) is 24.9 Å². The van der Waals surface area contributed by atoms with Crippen molar-refractivity contribution in [2.24, 2.45) is 5.73 Å². The van der Waals surface area contributed by atoms with E-state index in [1.54, 1.807) is 17.5 Å². The molecule has 1 aliphatic rings. The van der Waals surface area contributed by atoms with Crippen molar-refractivity contribution in [3.8, 4) is 6.07 Å². The van der Waals surface area contributed by atoms with Gasteiger partial charge in [-0.15, -0.1) is 11.3 Å². The summed E-state index contributed by atoms with van der Waals surface area (Å²) in [6.45, 7) is 1.32. The van der Waals surface area contributed by atoms with Crippen molar-refractivity contribution in [1.29, 1.82) is 5.26 Å². The first-order valence-electron chi connectivity index (χ1n) is 7.71. The Balaban J connectivity index is 1.56. The SMILES string of the molecule is N#Cc1nccnc1N1CC[C@H](NC(=O)[C@@H](N)Cc2cccs2)C1. The molecule has 1 saturated heterocycles. The molecule has 0 saturated carbocycles. The third-order valence-electron chi connectivity index (χ3n) is 3.96. The third kappa shape index (κ3) is 3.69. The summed E-state index contributed by atoms with van der Waals surface area (Å²) in [6.07, 6.45) is 4.40. The fourth-order valence-corrected chi connectivity index (χ4v) is 3.52. The van der Waals surface area contributed by atoms with E-state index in [-0.39, 0.29) is 11.9 Å².